The molecule has 2 N–H and O–H groups in total. The molecule has 32 heavy (non-hydrogen) atoms. The molecule has 168 valence electrons. The molecule has 3 aliphatic rings. The molecule has 0 saturated carbocycles. The number of hydrogen-bond donors (Lipinski definition) is 2. The number of piperazine rings is 1. The van der Waals surface area contributed by atoms with E-state index >= 15 is 0 Å². The van der Waals surface area contributed by atoms with Gasteiger partial charge in [-0.3, -0.25) is 4.79 Å². The zero-order valence-electron chi connectivity index (χ0n) is 17.5. The number of quaternary nitrogens is 1. The van der Waals surface area contributed by atoms with Crippen LogP contribution in [0.25, 0.3) is 0 Å². The molecular weight excluding hydrogens is 432 g/mol. The van der Waals surface area contributed by atoms with E-state index in [2.05, 4.69) is 15.8 Å². The maximum Gasteiger partial charge on any atom is 0.286 e. The third kappa shape index (κ3) is 4.28. The van der Waals surface area contributed by atoms with E-state index in [0.717, 1.165) is 31.1 Å². The minimum atomic E-state index is -3.72. The summed E-state index contributed by atoms with van der Waals surface area (Å²) in [6.07, 6.45) is 0.484. The lowest BCUT2D eigenvalue weighted by Gasteiger charge is -2.32. The van der Waals surface area contributed by atoms with E-state index in [1.165, 1.54) is 16.5 Å². The molecule has 0 bridgehead atoms. The molecule has 0 aliphatic carbocycles. The standard InChI is InChI=1S/C22H24N4O5S/c27-22(8-7-21-23-17-3-1-2-4-20(17)32(28,29)24-21)26-11-9-25(10-12-26)14-16-5-6-18-19(13-16)31-15-30-18/h1-6,13H,7-12,14-15H2,(H,23,24)/p+1. The summed E-state index contributed by atoms with van der Waals surface area (Å²) in [5.41, 5.74) is 1.69. The van der Waals surface area contributed by atoms with Crippen LogP contribution in [0.5, 0.6) is 11.5 Å². The van der Waals surface area contributed by atoms with E-state index in [9.17, 15) is 13.2 Å². The second kappa shape index (κ2) is 8.44. The van der Waals surface area contributed by atoms with Crippen molar-refractivity contribution in [2.45, 2.75) is 24.3 Å². The smallest absolute Gasteiger partial charge is 0.286 e. The van der Waals surface area contributed by atoms with Crippen molar-refractivity contribution in [3.8, 4) is 11.5 Å². The third-order valence-electron chi connectivity index (χ3n) is 5.96. The van der Waals surface area contributed by atoms with Crippen molar-refractivity contribution in [2.24, 2.45) is 4.40 Å². The van der Waals surface area contributed by atoms with E-state index in [-0.39, 0.29) is 30.4 Å². The highest BCUT2D eigenvalue weighted by molar-refractivity contribution is 7.90. The molecule has 1 saturated heterocycles. The van der Waals surface area contributed by atoms with Crippen LogP contribution in [0.3, 0.4) is 0 Å². The number of amidine groups is 1. The number of carbonyl (C=O) groups excluding carboxylic acids is 1. The molecule has 0 spiro atoms. The summed E-state index contributed by atoms with van der Waals surface area (Å²) in [5.74, 6) is 1.91. The molecule has 3 aliphatic heterocycles. The molecule has 2 aromatic rings. The van der Waals surface area contributed by atoms with Crippen molar-refractivity contribution in [3.63, 3.8) is 0 Å². The molecule has 1 fully saturated rings. The van der Waals surface area contributed by atoms with Crippen LogP contribution >= 0.6 is 0 Å². The average molecular weight is 458 g/mol. The number of benzene rings is 2. The number of sulfonamides is 1. The van der Waals surface area contributed by atoms with Crippen molar-refractivity contribution in [1.29, 1.82) is 0 Å². The van der Waals surface area contributed by atoms with Crippen LogP contribution in [0.1, 0.15) is 18.4 Å². The minimum absolute atomic E-state index is 0.0212. The molecule has 0 radical (unpaired) electrons. The van der Waals surface area contributed by atoms with Gasteiger partial charge in [-0.2, -0.15) is 8.42 Å². The maximum atomic E-state index is 12.7. The number of rotatable bonds is 5. The Kier molecular flexibility index (Phi) is 5.48. The highest BCUT2D eigenvalue weighted by atomic mass is 32.2. The Hall–Kier alpha value is -3.11. The summed E-state index contributed by atoms with van der Waals surface area (Å²) in [4.78, 5) is 16.1. The predicted octanol–water partition coefficient (Wildman–Crippen LogP) is 0.636. The van der Waals surface area contributed by atoms with Gasteiger partial charge >= 0.3 is 0 Å². The van der Waals surface area contributed by atoms with Gasteiger partial charge in [-0.1, -0.05) is 12.1 Å². The monoisotopic (exact) mass is 457 g/mol. The summed E-state index contributed by atoms with van der Waals surface area (Å²) < 4.78 is 39.3. The lowest BCUT2D eigenvalue weighted by molar-refractivity contribution is -0.917. The Morgan fingerprint density at radius 3 is 2.72 bits per heavy atom. The number of nitrogens with zero attached hydrogens (tertiary/aromatic N) is 2. The summed E-state index contributed by atoms with van der Waals surface area (Å²) >= 11 is 0. The molecule has 10 heteroatoms. The Morgan fingerprint density at radius 1 is 1.09 bits per heavy atom. The van der Waals surface area contributed by atoms with Crippen LogP contribution in [-0.2, 0) is 21.4 Å². The topological polar surface area (TPSA) is 102 Å². The fourth-order valence-corrected chi connectivity index (χ4v) is 5.42. The van der Waals surface area contributed by atoms with Gasteiger partial charge in [0.1, 0.15) is 17.3 Å². The van der Waals surface area contributed by atoms with Crippen LogP contribution in [0.15, 0.2) is 51.8 Å². The second-order valence-corrected chi connectivity index (χ2v) is 9.70. The van der Waals surface area contributed by atoms with Gasteiger partial charge in [-0.25, -0.2) is 0 Å². The first-order valence-corrected chi connectivity index (χ1v) is 12.1. The van der Waals surface area contributed by atoms with Crippen molar-refractivity contribution in [2.75, 3.05) is 38.3 Å². The minimum Gasteiger partial charge on any atom is -0.454 e. The third-order valence-corrected chi connectivity index (χ3v) is 7.34. The van der Waals surface area contributed by atoms with Crippen molar-refractivity contribution < 1.29 is 27.6 Å². The summed E-state index contributed by atoms with van der Waals surface area (Å²) in [6.45, 7) is 4.23. The van der Waals surface area contributed by atoms with Crippen LogP contribution in [0, 0.1) is 0 Å². The Balaban J connectivity index is 1.12. The number of fused-ring (bicyclic) bond motifs is 2. The number of ether oxygens (including phenoxy) is 2. The zero-order valence-corrected chi connectivity index (χ0v) is 18.4. The van der Waals surface area contributed by atoms with Gasteiger partial charge in [0.05, 0.1) is 31.9 Å². The number of carbonyl (C=O) groups is 1. The van der Waals surface area contributed by atoms with E-state index in [1.807, 2.05) is 17.0 Å². The molecule has 2 aromatic carbocycles. The zero-order chi connectivity index (χ0) is 22.1. The SMILES string of the molecule is O=C(CCC1=NS(=O)(=O)c2ccccc2N1)N1CC[NH+](Cc2ccc3c(c2)OCO3)CC1. The fourth-order valence-electron chi connectivity index (χ4n) is 4.25. The van der Waals surface area contributed by atoms with Gasteiger partial charge in [0.25, 0.3) is 10.0 Å². The first-order chi connectivity index (χ1) is 15.5. The number of amides is 1. The molecule has 0 aromatic heterocycles. The molecule has 5 rings (SSSR count). The molecular formula is C22H25N4O5S+. The highest BCUT2D eigenvalue weighted by Gasteiger charge is 2.27. The van der Waals surface area contributed by atoms with Gasteiger partial charge in [0.2, 0.25) is 12.7 Å². The van der Waals surface area contributed by atoms with E-state index in [4.69, 9.17) is 9.47 Å². The predicted molar refractivity (Wildman–Crippen MR) is 117 cm³/mol. The number of nitrogens with one attached hydrogen (secondary N) is 2. The second-order valence-electron chi connectivity index (χ2n) is 8.13. The number of anilines is 1. The molecule has 1 amide bonds. The van der Waals surface area contributed by atoms with E-state index in [1.54, 1.807) is 18.2 Å². The van der Waals surface area contributed by atoms with E-state index < -0.39 is 10.0 Å². The quantitative estimate of drug-likeness (QED) is 0.683. The van der Waals surface area contributed by atoms with Crippen molar-refractivity contribution in [1.82, 2.24) is 4.90 Å². The normalized spacial score (nSPS) is 19.1. The van der Waals surface area contributed by atoms with Gasteiger partial charge in [0, 0.05) is 18.4 Å². The van der Waals surface area contributed by atoms with Crippen LogP contribution in [0.4, 0.5) is 5.69 Å². The van der Waals surface area contributed by atoms with Crippen LogP contribution in [-0.4, -0.2) is 58.0 Å². The van der Waals surface area contributed by atoms with Crippen LogP contribution in [0.2, 0.25) is 0 Å². The van der Waals surface area contributed by atoms with Crippen LogP contribution < -0.4 is 19.7 Å². The number of hydrogen-bond acceptors (Lipinski definition) is 6. The summed E-state index contributed by atoms with van der Waals surface area (Å²) in [5, 5.41) is 3.04. The number of para-hydroxylation sites is 1. The first-order valence-electron chi connectivity index (χ1n) is 10.7. The highest BCUT2D eigenvalue weighted by Crippen LogP contribution is 2.32. The summed E-state index contributed by atoms with van der Waals surface area (Å²) in [6, 6.07) is 12.7. The van der Waals surface area contributed by atoms with Gasteiger partial charge in [0.15, 0.2) is 11.5 Å². The molecule has 0 unspecified atom stereocenters. The fraction of sp³-hybridized carbons (Fsp3) is 0.364. The average Bonchev–Trinajstić information content (AvgIpc) is 3.25. The lowest BCUT2D eigenvalue weighted by Crippen LogP contribution is -3.13. The Morgan fingerprint density at radius 2 is 1.88 bits per heavy atom. The van der Waals surface area contributed by atoms with E-state index in [0.29, 0.717) is 24.6 Å². The summed E-state index contributed by atoms with van der Waals surface area (Å²) in [7, 11) is -3.72. The van der Waals surface area contributed by atoms with Gasteiger partial charge in [-0.05, 0) is 30.3 Å². The van der Waals surface area contributed by atoms with Crippen molar-refractivity contribution >= 4 is 27.5 Å². The molecule has 0 atom stereocenters. The largest absolute Gasteiger partial charge is 0.454 e. The van der Waals surface area contributed by atoms with Crippen molar-refractivity contribution in [3.05, 3.63) is 48.0 Å². The van der Waals surface area contributed by atoms with Gasteiger partial charge < -0.3 is 24.6 Å². The Bertz CT molecular complexity index is 1170. The molecule has 9 nitrogen and oxygen atoms in total. The van der Waals surface area contributed by atoms with Gasteiger partial charge in [-0.15, -0.1) is 4.40 Å². The lowest BCUT2D eigenvalue weighted by atomic mass is 10.1. The molecule has 3 heterocycles. The maximum absolute atomic E-state index is 12.7. The first kappa shape index (κ1) is 20.8. The Labute approximate surface area is 186 Å².